The van der Waals surface area contributed by atoms with E-state index in [1.165, 1.54) is 18.6 Å². The summed E-state index contributed by atoms with van der Waals surface area (Å²) in [6.07, 6.45) is 3.52. The van der Waals surface area contributed by atoms with Crippen LogP contribution in [-0.4, -0.2) is 39.4 Å². The zero-order chi connectivity index (χ0) is 12.5. The highest BCUT2D eigenvalue weighted by molar-refractivity contribution is 7.91. The zero-order valence-corrected chi connectivity index (χ0v) is 9.23. The molecule has 2 heterocycles. The first kappa shape index (κ1) is 11.3. The van der Waals surface area contributed by atoms with Crippen LogP contribution in [-0.2, 0) is 21.1 Å². The van der Waals surface area contributed by atoms with Crippen LogP contribution in [0, 0.1) is 0 Å². The summed E-state index contributed by atoms with van der Waals surface area (Å²) in [6, 6.07) is 0. The van der Waals surface area contributed by atoms with E-state index in [4.69, 9.17) is 5.11 Å². The van der Waals surface area contributed by atoms with Crippen molar-refractivity contribution in [3.63, 3.8) is 0 Å². The summed E-state index contributed by atoms with van der Waals surface area (Å²) in [4.78, 5) is 22.6. The molecule has 0 aliphatic rings. The standard InChI is InChI=1S/C8H8N4O4S/c13-6(14)3-5-4-11-8(12-5)17(15,16)7-9-1-2-10-7/h1-2,4H,3H2,(H,9,10)(H,11,12)(H,13,14). The number of hydrogen-bond acceptors (Lipinski definition) is 5. The second-order valence-corrected chi connectivity index (χ2v) is 4.96. The van der Waals surface area contributed by atoms with Crippen LogP contribution in [0.15, 0.2) is 28.9 Å². The predicted octanol–water partition coefficient (Wildman–Crippen LogP) is -0.407. The minimum absolute atomic E-state index is 0.211. The van der Waals surface area contributed by atoms with Crippen molar-refractivity contribution >= 4 is 15.8 Å². The Morgan fingerprint density at radius 2 is 2.12 bits per heavy atom. The van der Waals surface area contributed by atoms with E-state index in [0.29, 0.717) is 0 Å². The molecule has 0 aliphatic carbocycles. The minimum Gasteiger partial charge on any atom is -0.481 e. The Bertz CT molecular complexity index is 628. The Morgan fingerprint density at radius 3 is 2.71 bits per heavy atom. The number of nitrogens with one attached hydrogen (secondary N) is 2. The molecule has 0 bridgehead atoms. The number of aliphatic carboxylic acids is 1. The topological polar surface area (TPSA) is 129 Å². The van der Waals surface area contributed by atoms with E-state index in [-0.39, 0.29) is 22.4 Å². The summed E-state index contributed by atoms with van der Waals surface area (Å²) in [5, 5.41) is 7.98. The molecule has 0 amide bonds. The molecule has 0 aromatic carbocycles. The lowest BCUT2D eigenvalue weighted by atomic mass is 10.3. The molecular weight excluding hydrogens is 248 g/mol. The number of carboxylic acids is 1. The number of rotatable bonds is 4. The van der Waals surface area contributed by atoms with Crippen molar-refractivity contribution in [1.29, 1.82) is 0 Å². The van der Waals surface area contributed by atoms with E-state index in [1.54, 1.807) is 0 Å². The highest BCUT2D eigenvalue weighted by atomic mass is 32.2. The van der Waals surface area contributed by atoms with Crippen LogP contribution in [0.4, 0.5) is 0 Å². The van der Waals surface area contributed by atoms with E-state index in [9.17, 15) is 13.2 Å². The molecule has 0 saturated carbocycles. The van der Waals surface area contributed by atoms with E-state index in [0.717, 1.165) is 0 Å². The molecule has 0 spiro atoms. The van der Waals surface area contributed by atoms with Crippen LogP contribution in [0.2, 0.25) is 0 Å². The molecule has 0 radical (unpaired) electrons. The molecule has 3 N–H and O–H groups in total. The van der Waals surface area contributed by atoms with Crippen LogP contribution in [0.3, 0.4) is 0 Å². The number of carboxylic acid groups (broad SMARTS) is 1. The average molecular weight is 256 g/mol. The third kappa shape index (κ3) is 2.18. The van der Waals surface area contributed by atoms with Gasteiger partial charge in [0.15, 0.2) is 0 Å². The van der Waals surface area contributed by atoms with Crippen molar-refractivity contribution in [2.75, 3.05) is 0 Å². The van der Waals surface area contributed by atoms with Crippen molar-refractivity contribution in [2.45, 2.75) is 16.7 Å². The molecule has 0 fully saturated rings. The molecule has 17 heavy (non-hydrogen) atoms. The highest BCUT2D eigenvalue weighted by Crippen LogP contribution is 2.13. The number of hydrogen-bond donors (Lipinski definition) is 3. The molecule has 0 unspecified atom stereocenters. The van der Waals surface area contributed by atoms with Crippen LogP contribution in [0.25, 0.3) is 0 Å². The Balaban J connectivity index is 2.35. The lowest BCUT2D eigenvalue weighted by Gasteiger charge is -1.95. The first-order valence-electron chi connectivity index (χ1n) is 4.50. The van der Waals surface area contributed by atoms with Gasteiger partial charge in [-0.05, 0) is 0 Å². The lowest BCUT2D eigenvalue weighted by molar-refractivity contribution is -0.136. The molecule has 90 valence electrons. The van der Waals surface area contributed by atoms with Gasteiger partial charge < -0.3 is 15.1 Å². The SMILES string of the molecule is O=C(O)Cc1cnc(S(=O)(=O)c2ncc[nH]2)[nH]1. The third-order valence-corrected chi connectivity index (χ3v) is 3.38. The van der Waals surface area contributed by atoms with Gasteiger partial charge in [0.1, 0.15) is 0 Å². The van der Waals surface area contributed by atoms with Gasteiger partial charge in [0.05, 0.1) is 6.42 Å². The van der Waals surface area contributed by atoms with Crippen LogP contribution < -0.4 is 0 Å². The smallest absolute Gasteiger partial charge is 0.309 e. The quantitative estimate of drug-likeness (QED) is 0.682. The number of nitrogens with zero attached hydrogens (tertiary/aromatic N) is 2. The fourth-order valence-corrected chi connectivity index (χ4v) is 2.28. The van der Waals surface area contributed by atoms with Gasteiger partial charge in [-0.15, -0.1) is 0 Å². The van der Waals surface area contributed by atoms with E-state index in [1.807, 2.05) is 0 Å². The summed E-state index contributed by atoms with van der Waals surface area (Å²) >= 11 is 0. The van der Waals surface area contributed by atoms with E-state index in [2.05, 4.69) is 19.9 Å². The largest absolute Gasteiger partial charge is 0.481 e. The Hall–Kier alpha value is -2.16. The maximum Gasteiger partial charge on any atom is 0.309 e. The first-order valence-corrected chi connectivity index (χ1v) is 5.98. The molecule has 2 rings (SSSR count). The van der Waals surface area contributed by atoms with Crippen LogP contribution in [0.5, 0.6) is 0 Å². The highest BCUT2D eigenvalue weighted by Gasteiger charge is 2.24. The molecule has 9 heteroatoms. The van der Waals surface area contributed by atoms with Crippen molar-refractivity contribution in [3.8, 4) is 0 Å². The number of aromatic amines is 2. The maximum atomic E-state index is 11.9. The average Bonchev–Trinajstić information content (AvgIpc) is 2.85. The number of carbonyl (C=O) groups is 1. The predicted molar refractivity (Wildman–Crippen MR) is 54.0 cm³/mol. The van der Waals surface area contributed by atoms with Crippen molar-refractivity contribution in [2.24, 2.45) is 0 Å². The van der Waals surface area contributed by atoms with Crippen molar-refractivity contribution in [1.82, 2.24) is 19.9 Å². The Labute approximate surface area is 95.7 Å². The van der Waals surface area contributed by atoms with Crippen LogP contribution in [0.1, 0.15) is 5.69 Å². The van der Waals surface area contributed by atoms with Crippen molar-refractivity contribution < 1.29 is 18.3 Å². The van der Waals surface area contributed by atoms with Gasteiger partial charge in [-0.3, -0.25) is 4.79 Å². The molecule has 0 saturated heterocycles. The fraction of sp³-hybridized carbons (Fsp3) is 0.125. The molecule has 0 atom stereocenters. The molecular formula is C8H8N4O4S. The van der Waals surface area contributed by atoms with Gasteiger partial charge in [-0.2, -0.15) is 0 Å². The Kier molecular flexibility index (Phi) is 2.68. The number of H-pyrrole nitrogens is 2. The number of sulfone groups is 1. The normalized spacial score (nSPS) is 11.5. The zero-order valence-electron chi connectivity index (χ0n) is 8.41. The third-order valence-electron chi connectivity index (χ3n) is 1.93. The number of imidazole rings is 2. The van der Waals surface area contributed by atoms with E-state index < -0.39 is 15.8 Å². The molecule has 2 aromatic rings. The van der Waals surface area contributed by atoms with Gasteiger partial charge >= 0.3 is 5.97 Å². The second-order valence-electron chi connectivity index (χ2n) is 3.18. The lowest BCUT2D eigenvalue weighted by Crippen LogP contribution is -2.07. The van der Waals surface area contributed by atoms with Gasteiger partial charge in [0.2, 0.25) is 10.3 Å². The first-order chi connectivity index (χ1) is 8.00. The Morgan fingerprint density at radius 1 is 1.35 bits per heavy atom. The van der Waals surface area contributed by atoms with Crippen LogP contribution >= 0.6 is 0 Å². The van der Waals surface area contributed by atoms with Gasteiger partial charge in [-0.1, -0.05) is 0 Å². The summed E-state index contributed by atoms with van der Waals surface area (Å²) < 4.78 is 23.7. The molecule has 2 aromatic heterocycles. The van der Waals surface area contributed by atoms with E-state index >= 15 is 0 Å². The minimum atomic E-state index is -3.84. The summed E-state index contributed by atoms with van der Waals surface area (Å²) in [6.45, 7) is 0. The van der Waals surface area contributed by atoms with Crippen molar-refractivity contribution in [3.05, 3.63) is 24.3 Å². The molecule has 0 aliphatic heterocycles. The maximum absolute atomic E-state index is 11.9. The monoisotopic (exact) mass is 256 g/mol. The van der Waals surface area contributed by atoms with Gasteiger partial charge in [0, 0.05) is 24.3 Å². The number of aromatic nitrogens is 4. The summed E-state index contributed by atoms with van der Waals surface area (Å²) in [5.74, 6) is -1.07. The summed E-state index contributed by atoms with van der Waals surface area (Å²) in [7, 11) is -3.84. The summed E-state index contributed by atoms with van der Waals surface area (Å²) in [5.41, 5.74) is 0.211. The second kappa shape index (κ2) is 4.01. The van der Waals surface area contributed by atoms with Gasteiger partial charge in [0.25, 0.3) is 9.84 Å². The van der Waals surface area contributed by atoms with Gasteiger partial charge in [-0.25, -0.2) is 18.4 Å². The molecule has 8 nitrogen and oxygen atoms in total. The fourth-order valence-electron chi connectivity index (χ4n) is 1.22.